The second-order valence-corrected chi connectivity index (χ2v) is 9.16. The predicted molar refractivity (Wildman–Crippen MR) is 124 cm³/mol. The highest BCUT2D eigenvalue weighted by Crippen LogP contribution is 2.40. The highest BCUT2D eigenvalue weighted by Gasteiger charge is 2.33. The van der Waals surface area contributed by atoms with E-state index in [4.69, 9.17) is 9.84 Å². The third-order valence-corrected chi connectivity index (χ3v) is 7.12. The number of nitrogens with one attached hydrogen (secondary N) is 1. The molecule has 4 aliphatic heterocycles. The van der Waals surface area contributed by atoms with Crippen LogP contribution in [-0.4, -0.2) is 53.7 Å². The number of alkyl halides is 1. The molecular formula is C25H28FN5O2. The molecular weight excluding hydrogens is 421 g/mol. The van der Waals surface area contributed by atoms with Gasteiger partial charge in [-0.1, -0.05) is 12.1 Å². The van der Waals surface area contributed by atoms with Gasteiger partial charge in [-0.25, -0.2) is 4.39 Å². The van der Waals surface area contributed by atoms with E-state index in [0.717, 1.165) is 74.3 Å². The number of hydrogen-bond acceptors (Lipinski definition) is 5. The van der Waals surface area contributed by atoms with Crippen LogP contribution in [0.4, 0.5) is 15.9 Å². The van der Waals surface area contributed by atoms with Crippen molar-refractivity contribution in [2.24, 2.45) is 0 Å². The molecule has 0 radical (unpaired) electrons. The molecule has 172 valence electrons. The molecule has 2 atom stereocenters. The van der Waals surface area contributed by atoms with Gasteiger partial charge in [0.25, 0.3) is 0 Å². The summed E-state index contributed by atoms with van der Waals surface area (Å²) in [5.74, 6) is 0.968. The summed E-state index contributed by atoms with van der Waals surface area (Å²) in [7, 11) is 0. The molecule has 7 nitrogen and oxygen atoms in total. The lowest BCUT2D eigenvalue weighted by atomic mass is 9.95. The van der Waals surface area contributed by atoms with Crippen LogP contribution in [0.2, 0.25) is 0 Å². The van der Waals surface area contributed by atoms with Crippen molar-refractivity contribution in [2.45, 2.75) is 44.6 Å². The smallest absolute Gasteiger partial charge is 0.210 e. The van der Waals surface area contributed by atoms with Crippen molar-refractivity contribution in [3.8, 4) is 0 Å². The summed E-state index contributed by atoms with van der Waals surface area (Å²) in [5, 5.41) is 7.87. The average Bonchev–Trinajstić information content (AvgIpc) is 3.51. The van der Waals surface area contributed by atoms with E-state index in [-0.39, 0.29) is 6.04 Å². The average molecular weight is 450 g/mol. The van der Waals surface area contributed by atoms with E-state index in [1.165, 1.54) is 23.0 Å². The number of dihydropyridines is 1. The van der Waals surface area contributed by atoms with E-state index in [9.17, 15) is 9.18 Å². The molecule has 1 amide bonds. The minimum Gasteiger partial charge on any atom is -0.379 e. The minimum atomic E-state index is -1.13. The molecule has 33 heavy (non-hydrogen) atoms. The third kappa shape index (κ3) is 3.62. The zero-order valence-electron chi connectivity index (χ0n) is 18.5. The van der Waals surface area contributed by atoms with Crippen molar-refractivity contribution in [3.63, 3.8) is 0 Å². The number of carbonyl (C=O) groups excluding carboxylic acids is 1. The number of ether oxygens (including phenoxy) is 1. The van der Waals surface area contributed by atoms with Crippen molar-refractivity contribution in [1.29, 1.82) is 0 Å². The van der Waals surface area contributed by atoms with Gasteiger partial charge in [0, 0.05) is 49.3 Å². The summed E-state index contributed by atoms with van der Waals surface area (Å²) in [4.78, 5) is 15.7. The lowest BCUT2D eigenvalue weighted by Crippen LogP contribution is -2.32. The highest BCUT2D eigenvalue weighted by atomic mass is 19.1. The zero-order chi connectivity index (χ0) is 22.4. The second kappa shape index (κ2) is 8.33. The fourth-order valence-corrected chi connectivity index (χ4v) is 5.41. The number of anilines is 2. The van der Waals surface area contributed by atoms with Crippen molar-refractivity contribution in [3.05, 3.63) is 58.9 Å². The Morgan fingerprint density at radius 3 is 2.97 bits per heavy atom. The van der Waals surface area contributed by atoms with Crippen LogP contribution in [-0.2, 0) is 28.9 Å². The first kappa shape index (κ1) is 20.5. The first-order chi connectivity index (χ1) is 16.2. The third-order valence-electron chi connectivity index (χ3n) is 7.12. The van der Waals surface area contributed by atoms with Gasteiger partial charge in [-0.3, -0.25) is 9.48 Å². The number of benzene rings is 1. The van der Waals surface area contributed by atoms with Crippen LogP contribution < -0.4 is 10.2 Å². The van der Waals surface area contributed by atoms with Gasteiger partial charge in [-0.2, -0.15) is 5.10 Å². The molecule has 0 saturated carbocycles. The molecule has 4 aliphatic rings. The number of carbonyl (C=O) groups is 1. The van der Waals surface area contributed by atoms with Crippen LogP contribution in [0.25, 0.3) is 5.57 Å². The molecule has 1 N–H and O–H groups in total. The van der Waals surface area contributed by atoms with Crippen LogP contribution in [0.1, 0.15) is 41.3 Å². The number of rotatable bonds is 4. The molecule has 8 heteroatoms. The Labute approximate surface area is 192 Å². The van der Waals surface area contributed by atoms with E-state index in [1.54, 1.807) is 6.20 Å². The Morgan fingerprint density at radius 1 is 1.24 bits per heavy atom. The van der Waals surface area contributed by atoms with E-state index in [2.05, 4.69) is 33.1 Å². The largest absolute Gasteiger partial charge is 0.379 e. The Balaban J connectivity index is 1.39. The number of amides is 1. The number of fused-ring (bicyclic) bond motifs is 2. The lowest BCUT2D eigenvalue weighted by Gasteiger charge is -2.32. The highest BCUT2D eigenvalue weighted by molar-refractivity contribution is 5.78. The maximum atomic E-state index is 13.4. The van der Waals surface area contributed by atoms with Gasteiger partial charge in [-0.15, -0.1) is 0 Å². The van der Waals surface area contributed by atoms with Gasteiger partial charge >= 0.3 is 0 Å². The van der Waals surface area contributed by atoms with Crippen LogP contribution in [0, 0.1) is 0 Å². The molecule has 2 aromatic rings. The molecule has 1 aromatic heterocycles. The normalized spacial score (nSPS) is 24.2. The molecule has 1 fully saturated rings. The monoisotopic (exact) mass is 449 g/mol. The van der Waals surface area contributed by atoms with Crippen LogP contribution in [0.5, 0.6) is 0 Å². The lowest BCUT2D eigenvalue weighted by molar-refractivity contribution is -0.118. The first-order valence-corrected chi connectivity index (χ1v) is 11.8. The van der Waals surface area contributed by atoms with Gasteiger partial charge in [0.15, 0.2) is 12.1 Å². The minimum absolute atomic E-state index is 0.263. The number of nitrogens with zero attached hydrogens (tertiary/aromatic N) is 4. The Hall–Kier alpha value is -3.13. The van der Waals surface area contributed by atoms with Gasteiger partial charge in [0.2, 0.25) is 6.41 Å². The molecule has 0 bridgehead atoms. The molecule has 5 heterocycles. The summed E-state index contributed by atoms with van der Waals surface area (Å²) < 4.78 is 21.2. The van der Waals surface area contributed by atoms with Crippen LogP contribution in [0.3, 0.4) is 0 Å². The first-order valence-electron chi connectivity index (χ1n) is 11.8. The van der Waals surface area contributed by atoms with E-state index >= 15 is 0 Å². The maximum absolute atomic E-state index is 13.4. The maximum Gasteiger partial charge on any atom is 0.210 e. The van der Waals surface area contributed by atoms with Crippen molar-refractivity contribution in [2.75, 3.05) is 31.2 Å². The van der Waals surface area contributed by atoms with Gasteiger partial charge in [0.05, 0.1) is 19.2 Å². The zero-order valence-corrected chi connectivity index (χ0v) is 18.5. The molecule has 1 saturated heterocycles. The fourth-order valence-electron chi connectivity index (χ4n) is 5.41. The van der Waals surface area contributed by atoms with E-state index in [0.29, 0.717) is 13.2 Å². The SMILES string of the molecule is O=CN1CCc2c(c(N3CCCc4cc(C5=CNC(F)C=C5)ccc43)nn2C2CCOC2)C1. The number of aromatic nitrogens is 2. The fraction of sp³-hybridized carbons (Fsp3) is 0.440. The van der Waals surface area contributed by atoms with E-state index < -0.39 is 6.30 Å². The molecule has 6 rings (SSSR count). The predicted octanol–water partition coefficient (Wildman–Crippen LogP) is 3.24. The molecule has 2 unspecified atom stereocenters. The van der Waals surface area contributed by atoms with Crippen LogP contribution >= 0.6 is 0 Å². The quantitative estimate of drug-likeness (QED) is 0.574. The summed E-state index contributed by atoms with van der Waals surface area (Å²) in [5.41, 5.74) is 6.90. The Morgan fingerprint density at radius 2 is 2.18 bits per heavy atom. The van der Waals surface area contributed by atoms with Crippen molar-refractivity contribution >= 4 is 23.5 Å². The molecule has 0 aliphatic carbocycles. The number of aryl methyl sites for hydroxylation is 1. The van der Waals surface area contributed by atoms with E-state index in [1.807, 2.05) is 11.0 Å². The van der Waals surface area contributed by atoms with Crippen LogP contribution in [0.15, 0.2) is 36.6 Å². The van der Waals surface area contributed by atoms with Crippen molar-refractivity contribution < 1.29 is 13.9 Å². The summed E-state index contributed by atoms with van der Waals surface area (Å²) in [6.45, 7) is 3.69. The number of halogens is 1. The summed E-state index contributed by atoms with van der Waals surface area (Å²) in [6, 6.07) is 6.73. The summed E-state index contributed by atoms with van der Waals surface area (Å²) in [6.07, 6.45) is 8.74. The number of allylic oxidation sites excluding steroid dienone is 2. The Bertz CT molecular complexity index is 1130. The Kier molecular flexibility index (Phi) is 5.17. The molecule has 0 spiro atoms. The van der Waals surface area contributed by atoms with Gasteiger partial charge < -0.3 is 19.9 Å². The standard InChI is InChI=1S/C25H28FN5O2/c26-24-6-4-19(13-27-24)17-3-5-22-18(12-17)2-1-9-30(22)25-21-14-29(16-32)10-7-23(21)31(28-25)20-8-11-33-15-20/h3-6,12-13,16,20,24,27H,1-2,7-11,14-15H2. The summed E-state index contributed by atoms with van der Waals surface area (Å²) >= 11 is 0. The van der Waals surface area contributed by atoms with Gasteiger partial charge in [-0.05, 0) is 54.2 Å². The van der Waals surface area contributed by atoms with Gasteiger partial charge in [0.1, 0.15) is 0 Å². The van der Waals surface area contributed by atoms with Crippen molar-refractivity contribution in [1.82, 2.24) is 20.0 Å². The number of hydrogen-bond donors (Lipinski definition) is 1. The molecule has 1 aromatic carbocycles. The topological polar surface area (TPSA) is 62.6 Å². The second-order valence-electron chi connectivity index (χ2n) is 9.16.